The summed E-state index contributed by atoms with van der Waals surface area (Å²) in [6, 6.07) is 0. The van der Waals surface area contributed by atoms with Gasteiger partial charge in [0.25, 0.3) is 0 Å². The average molecular weight is 306 g/mol. The lowest BCUT2D eigenvalue weighted by atomic mass is 9.65. The van der Waals surface area contributed by atoms with E-state index in [1.807, 2.05) is 0 Å². The van der Waals surface area contributed by atoms with Crippen molar-refractivity contribution in [2.75, 3.05) is 0 Å². The SMILES string of the molecule is CC(C)=CC(C(=O)OC1CCCC1)(C(C)(C)C)C(F)(F)F. The second kappa shape index (κ2) is 6.01. The molecular formula is C16H25F3O2. The number of esters is 1. The van der Waals surface area contributed by atoms with E-state index in [2.05, 4.69) is 0 Å². The van der Waals surface area contributed by atoms with Gasteiger partial charge in [0.15, 0.2) is 5.41 Å². The first-order chi connectivity index (χ1) is 9.42. The van der Waals surface area contributed by atoms with Gasteiger partial charge in [0, 0.05) is 0 Å². The van der Waals surface area contributed by atoms with Crippen molar-refractivity contribution < 1.29 is 22.7 Å². The van der Waals surface area contributed by atoms with E-state index in [0.717, 1.165) is 18.9 Å². The van der Waals surface area contributed by atoms with Crippen LogP contribution in [-0.2, 0) is 9.53 Å². The van der Waals surface area contributed by atoms with Crippen molar-refractivity contribution in [2.45, 2.75) is 72.6 Å². The van der Waals surface area contributed by atoms with Gasteiger partial charge < -0.3 is 4.74 Å². The molecule has 0 amide bonds. The number of ether oxygens (including phenoxy) is 1. The predicted molar refractivity (Wildman–Crippen MR) is 75.7 cm³/mol. The number of hydrogen-bond acceptors (Lipinski definition) is 2. The van der Waals surface area contributed by atoms with E-state index in [1.54, 1.807) is 13.8 Å². The molecule has 122 valence electrons. The first-order valence-electron chi connectivity index (χ1n) is 7.35. The number of carbonyl (C=O) groups excluding carboxylic acids is 1. The van der Waals surface area contributed by atoms with Gasteiger partial charge in [0.1, 0.15) is 6.10 Å². The zero-order chi connectivity index (χ0) is 16.5. The van der Waals surface area contributed by atoms with Crippen LogP contribution in [-0.4, -0.2) is 18.2 Å². The minimum absolute atomic E-state index is 0.382. The van der Waals surface area contributed by atoms with Crippen LogP contribution in [0.5, 0.6) is 0 Å². The molecule has 0 radical (unpaired) electrons. The largest absolute Gasteiger partial charge is 0.461 e. The monoisotopic (exact) mass is 306 g/mol. The predicted octanol–water partition coefficient (Wildman–Crippen LogP) is 5.03. The molecule has 0 saturated heterocycles. The molecular weight excluding hydrogens is 281 g/mol. The Kier molecular flexibility index (Phi) is 5.17. The second-order valence-corrected chi connectivity index (χ2v) is 7.09. The Morgan fingerprint density at radius 1 is 1.10 bits per heavy atom. The van der Waals surface area contributed by atoms with Crippen molar-refractivity contribution in [1.29, 1.82) is 0 Å². The number of rotatable bonds is 3. The fourth-order valence-electron chi connectivity index (χ4n) is 2.89. The van der Waals surface area contributed by atoms with Gasteiger partial charge in [-0.25, -0.2) is 0 Å². The van der Waals surface area contributed by atoms with Crippen molar-refractivity contribution in [1.82, 2.24) is 0 Å². The minimum Gasteiger partial charge on any atom is -0.461 e. The third-order valence-electron chi connectivity index (χ3n) is 4.03. The average Bonchev–Trinajstić information content (AvgIpc) is 2.74. The third-order valence-corrected chi connectivity index (χ3v) is 4.03. The highest BCUT2D eigenvalue weighted by Crippen LogP contribution is 2.53. The second-order valence-electron chi connectivity index (χ2n) is 7.09. The normalized spacial score (nSPS) is 20.0. The zero-order valence-corrected chi connectivity index (χ0v) is 13.4. The number of hydrogen-bond donors (Lipinski definition) is 0. The summed E-state index contributed by atoms with van der Waals surface area (Å²) in [6.45, 7) is 7.41. The molecule has 1 fully saturated rings. The van der Waals surface area contributed by atoms with E-state index < -0.39 is 23.0 Å². The molecule has 0 N–H and O–H groups in total. The zero-order valence-electron chi connectivity index (χ0n) is 13.4. The van der Waals surface area contributed by atoms with Crippen LogP contribution in [0.1, 0.15) is 60.3 Å². The fraction of sp³-hybridized carbons (Fsp3) is 0.812. The van der Waals surface area contributed by atoms with E-state index in [9.17, 15) is 18.0 Å². The highest BCUT2D eigenvalue weighted by molar-refractivity contribution is 5.81. The minimum atomic E-state index is -4.70. The van der Waals surface area contributed by atoms with Crippen LogP contribution in [0.25, 0.3) is 0 Å². The van der Waals surface area contributed by atoms with Gasteiger partial charge in [-0.05, 0) is 44.9 Å². The maximum Gasteiger partial charge on any atom is 0.408 e. The molecule has 1 unspecified atom stereocenters. The van der Waals surface area contributed by atoms with E-state index in [4.69, 9.17) is 4.74 Å². The summed E-state index contributed by atoms with van der Waals surface area (Å²) in [5.74, 6) is -1.17. The van der Waals surface area contributed by atoms with Gasteiger partial charge in [-0.15, -0.1) is 0 Å². The maximum absolute atomic E-state index is 13.8. The lowest BCUT2D eigenvalue weighted by Crippen LogP contribution is -2.54. The van der Waals surface area contributed by atoms with Crippen LogP contribution >= 0.6 is 0 Å². The standard InChI is InChI=1S/C16H25F3O2/c1-11(2)10-15(14(3,4)5,16(17,18)19)13(20)21-12-8-6-7-9-12/h10,12H,6-9H2,1-5H3. The molecule has 0 aromatic rings. The summed E-state index contributed by atoms with van der Waals surface area (Å²) in [7, 11) is 0. The molecule has 1 atom stereocenters. The van der Waals surface area contributed by atoms with Crippen LogP contribution in [0.15, 0.2) is 11.6 Å². The van der Waals surface area contributed by atoms with E-state index in [0.29, 0.717) is 18.4 Å². The number of halogens is 3. The van der Waals surface area contributed by atoms with Crippen molar-refractivity contribution in [3.05, 3.63) is 11.6 Å². The molecule has 1 rings (SSSR count). The summed E-state index contributed by atoms with van der Waals surface area (Å²) in [5, 5.41) is 0. The molecule has 1 aliphatic carbocycles. The molecule has 0 aliphatic heterocycles. The number of allylic oxidation sites excluding steroid dienone is 1. The molecule has 1 saturated carbocycles. The van der Waals surface area contributed by atoms with Gasteiger partial charge in [-0.2, -0.15) is 13.2 Å². The molecule has 0 aromatic heterocycles. The van der Waals surface area contributed by atoms with Crippen LogP contribution in [0, 0.1) is 10.8 Å². The Morgan fingerprint density at radius 2 is 1.57 bits per heavy atom. The number of alkyl halides is 3. The van der Waals surface area contributed by atoms with E-state index in [-0.39, 0.29) is 6.10 Å². The Hall–Kier alpha value is -1.00. The highest BCUT2D eigenvalue weighted by atomic mass is 19.4. The summed E-state index contributed by atoms with van der Waals surface area (Å²) in [4.78, 5) is 12.5. The van der Waals surface area contributed by atoms with Crippen LogP contribution in [0.4, 0.5) is 13.2 Å². The van der Waals surface area contributed by atoms with Crippen molar-refractivity contribution in [3.63, 3.8) is 0 Å². The Bertz CT molecular complexity index is 392. The summed E-state index contributed by atoms with van der Waals surface area (Å²) in [6.07, 6.45) is -0.962. The quantitative estimate of drug-likeness (QED) is 0.540. The molecule has 0 heterocycles. The molecule has 5 heteroatoms. The lowest BCUT2D eigenvalue weighted by Gasteiger charge is -2.42. The third kappa shape index (κ3) is 3.61. The van der Waals surface area contributed by atoms with Gasteiger partial charge in [-0.1, -0.05) is 32.4 Å². The fourth-order valence-corrected chi connectivity index (χ4v) is 2.89. The first-order valence-corrected chi connectivity index (χ1v) is 7.35. The molecule has 21 heavy (non-hydrogen) atoms. The van der Waals surface area contributed by atoms with Crippen molar-refractivity contribution >= 4 is 5.97 Å². The summed E-state index contributed by atoms with van der Waals surface area (Å²) < 4.78 is 46.7. The van der Waals surface area contributed by atoms with Crippen LogP contribution < -0.4 is 0 Å². The van der Waals surface area contributed by atoms with Gasteiger partial charge >= 0.3 is 12.1 Å². The Morgan fingerprint density at radius 3 is 1.90 bits per heavy atom. The molecule has 0 spiro atoms. The van der Waals surface area contributed by atoms with Crippen molar-refractivity contribution in [3.8, 4) is 0 Å². The Labute approximate surface area is 124 Å². The Balaban J connectivity index is 3.28. The lowest BCUT2D eigenvalue weighted by molar-refractivity contribution is -0.246. The van der Waals surface area contributed by atoms with Gasteiger partial charge in [-0.3, -0.25) is 4.79 Å². The van der Waals surface area contributed by atoms with Gasteiger partial charge in [0.2, 0.25) is 0 Å². The van der Waals surface area contributed by atoms with Crippen LogP contribution in [0.3, 0.4) is 0 Å². The molecule has 2 nitrogen and oxygen atoms in total. The maximum atomic E-state index is 13.8. The topological polar surface area (TPSA) is 26.3 Å². The summed E-state index contributed by atoms with van der Waals surface area (Å²) >= 11 is 0. The summed E-state index contributed by atoms with van der Waals surface area (Å²) in [5.41, 5.74) is -3.48. The van der Waals surface area contributed by atoms with Gasteiger partial charge in [0.05, 0.1) is 0 Å². The highest BCUT2D eigenvalue weighted by Gasteiger charge is 2.66. The first kappa shape index (κ1) is 18.1. The van der Waals surface area contributed by atoms with E-state index >= 15 is 0 Å². The smallest absolute Gasteiger partial charge is 0.408 e. The number of carbonyl (C=O) groups is 1. The van der Waals surface area contributed by atoms with Crippen molar-refractivity contribution in [2.24, 2.45) is 10.8 Å². The molecule has 1 aliphatic rings. The van der Waals surface area contributed by atoms with Crippen LogP contribution in [0.2, 0.25) is 0 Å². The molecule has 0 bridgehead atoms. The van der Waals surface area contributed by atoms with E-state index in [1.165, 1.54) is 20.8 Å². The molecule has 0 aromatic carbocycles.